The van der Waals surface area contributed by atoms with Gasteiger partial charge in [-0.2, -0.15) is 5.10 Å². The molecule has 216 valence electrons. The number of amides is 3. The predicted octanol–water partition coefficient (Wildman–Crippen LogP) is 2.88. The summed E-state index contributed by atoms with van der Waals surface area (Å²) >= 11 is 0. The van der Waals surface area contributed by atoms with Crippen LogP contribution < -0.4 is 10.1 Å². The number of carbonyl (C=O) groups is 3. The van der Waals surface area contributed by atoms with Gasteiger partial charge in [-0.05, 0) is 55.6 Å². The summed E-state index contributed by atoms with van der Waals surface area (Å²) in [5.41, 5.74) is 7.40. The van der Waals surface area contributed by atoms with E-state index in [-0.39, 0.29) is 23.7 Å². The van der Waals surface area contributed by atoms with Crippen molar-refractivity contribution in [3.8, 4) is 16.9 Å². The van der Waals surface area contributed by atoms with E-state index in [0.29, 0.717) is 31.1 Å². The summed E-state index contributed by atoms with van der Waals surface area (Å²) in [5.74, 6) is 0.382. The number of hydrogen-bond donors (Lipinski definition) is 2. The molecule has 8 rings (SSSR count). The maximum atomic E-state index is 13.3. The molecule has 0 aliphatic carbocycles. The van der Waals surface area contributed by atoms with Gasteiger partial charge in [-0.25, -0.2) is 0 Å². The van der Waals surface area contributed by atoms with Gasteiger partial charge in [-0.15, -0.1) is 0 Å². The molecule has 3 fully saturated rings. The second kappa shape index (κ2) is 9.78. The summed E-state index contributed by atoms with van der Waals surface area (Å²) in [5, 5.41) is 9.87. The molecular weight excluding hydrogens is 534 g/mol. The minimum atomic E-state index is -0.623. The average Bonchev–Trinajstić information content (AvgIpc) is 3.66. The van der Waals surface area contributed by atoms with Gasteiger partial charge in [0.15, 0.2) is 0 Å². The van der Waals surface area contributed by atoms with Crippen LogP contribution in [0.3, 0.4) is 0 Å². The van der Waals surface area contributed by atoms with Crippen LogP contribution in [-0.4, -0.2) is 76.7 Å². The van der Waals surface area contributed by atoms with Crippen molar-refractivity contribution in [1.82, 2.24) is 25.3 Å². The number of H-pyrrole nitrogens is 1. The highest BCUT2D eigenvalue weighted by Crippen LogP contribution is 2.49. The second-order valence-corrected chi connectivity index (χ2v) is 12.3. The molecule has 1 aromatic heterocycles. The van der Waals surface area contributed by atoms with E-state index in [0.717, 1.165) is 68.3 Å². The highest BCUT2D eigenvalue weighted by Gasteiger charge is 2.47. The van der Waals surface area contributed by atoms with Crippen LogP contribution in [-0.2, 0) is 32.8 Å². The van der Waals surface area contributed by atoms with Crippen LogP contribution in [0.4, 0.5) is 0 Å². The highest BCUT2D eigenvalue weighted by atomic mass is 16.5. The summed E-state index contributed by atoms with van der Waals surface area (Å²) in [6, 6.07) is 12.1. The minimum absolute atomic E-state index is 0.0651. The van der Waals surface area contributed by atoms with E-state index in [1.165, 1.54) is 16.7 Å². The Morgan fingerprint density at radius 1 is 1.05 bits per heavy atom. The molecule has 0 saturated carbocycles. The molecule has 2 N–H and O–H groups in total. The van der Waals surface area contributed by atoms with E-state index in [2.05, 4.69) is 50.7 Å². The van der Waals surface area contributed by atoms with E-state index >= 15 is 0 Å². The largest absolute Gasteiger partial charge is 0.492 e. The summed E-state index contributed by atoms with van der Waals surface area (Å²) < 4.78 is 11.7. The summed E-state index contributed by atoms with van der Waals surface area (Å²) in [6.45, 7) is 5.25. The average molecular weight is 568 g/mol. The lowest BCUT2D eigenvalue weighted by Crippen LogP contribution is -2.52. The number of aromatic amines is 1. The molecular formula is C32H33N5O5. The van der Waals surface area contributed by atoms with Crippen LogP contribution in [0.15, 0.2) is 42.6 Å². The number of nitrogens with one attached hydrogen (secondary N) is 2. The third kappa shape index (κ3) is 4.07. The quantitative estimate of drug-likeness (QED) is 0.456. The Labute approximate surface area is 243 Å². The Morgan fingerprint density at radius 2 is 1.90 bits per heavy atom. The summed E-state index contributed by atoms with van der Waals surface area (Å²) in [7, 11) is 0. The van der Waals surface area contributed by atoms with E-state index in [4.69, 9.17) is 9.47 Å². The molecule has 42 heavy (non-hydrogen) atoms. The fraction of sp³-hybridized carbons (Fsp3) is 0.438. The van der Waals surface area contributed by atoms with Gasteiger partial charge in [0.1, 0.15) is 11.8 Å². The van der Waals surface area contributed by atoms with Gasteiger partial charge in [0.25, 0.3) is 5.91 Å². The number of benzene rings is 2. The molecule has 0 radical (unpaired) electrons. The summed E-state index contributed by atoms with van der Waals surface area (Å²) in [6.07, 6.45) is 4.49. The topological polar surface area (TPSA) is 117 Å². The zero-order chi connectivity index (χ0) is 28.4. The molecule has 3 saturated heterocycles. The number of nitrogens with zero attached hydrogens (tertiary/aromatic N) is 3. The highest BCUT2D eigenvalue weighted by molar-refractivity contribution is 6.05. The first-order chi connectivity index (χ1) is 20.5. The van der Waals surface area contributed by atoms with Crippen LogP contribution in [0.2, 0.25) is 0 Å². The van der Waals surface area contributed by atoms with E-state index in [1.54, 1.807) is 4.90 Å². The molecule has 10 nitrogen and oxygen atoms in total. The Hall–Kier alpha value is -4.02. The molecule has 1 atom stereocenters. The van der Waals surface area contributed by atoms with Gasteiger partial charge in [-0.1, -0.05) is 24.3 Å². The van der Waals surface area contributed by atoms with Gasteiger partial charge in [0.2, 0.25) is 11.8 Å². The van der Waals surface area contributed by atoms with Crippen LogP contribution in [0.1, 0.15) is 64.3 Å². The van der Waals surface area contributed by atoms with Crippen molar-refractivity contribution in [1.29, 1.82) is 0 Å². The van der Waals surface area contributed by atoms with Gasteiger partial charge in [0, 0.05) is 46.6 Å². The van der Waals surface area contributed by atoms with Crippen LogP contribution in [0, 0.1) is 0 Å². The zero-order valence-corrected chi connectivity index (χ0v) is 23.4. The van der Waals surface area contributed by atoms with Gasteiger partial charge in [-0.3, -0.25) is 29.7 Å². The van der Waals surface area contributed by atoms with Crippen molar-refractivity contribution >= 4 is 17.7 Å². The molecule has 10 heteroatoms. The molecule has 0 unspecified atom stereocenters. The van der Waals surface area contributed by atoms with Crippen molar-refractivity contribution in [3.63, 3.8) is 0 Å². The SMILES string of the molecule is O=C1CC[C@@H](N2Cc3c(ccc4c3OCC43CCN(Cc4cccc(-c5cn[nH]c5C5COC5)c4)CC3)C2=O)C(=O)N1. The van der Waals surface area contributed by atoms with Crippen molar-refractivity contribution in [3.05, 3.63) is 70.5 Å². The molecule has 1 spiro atoms. The molecule has 6 heterocycles. The molecule has 0 bridgehead atoms. The van der Waals surface area contributed by atoms with Crippen molar-refractivity contribution in [2.75, 3.05) is 32.9 Å². The summed E-state index contributed by atoms with van der Waals surface area (Å²) in [4.78, 5) is 41.5. The minimum Gasteiger partial charge on any atom is -0.492 e. The predicted molar refractivity (Wildman–Crippen MR) is 152 cm³/mol. The van der Waals surface area contributed by atoms with E-state index in [9.17, 15) is 14.4 Å². The van der Waals surface area contributed by atoms with Crippen LogP contribution in [0.25, 0.3) is 11.1 Å². The fourth-order valence-electron chi connectivity index (χ4n) is 7.37. The van der Waals surface area contributed by atoms with Gasteiger partial charge >= 0.3 is 0 Å². The normalized spacial score (nSPS) is 23.5. The van der Waals surface area contributed by atoms with Crippen molar-refractivity contribution in [2.45, 2.75) is 56.1 Å². The number of piperidine rings is 2. The zero-order valence-electron chi connectivity index (χ0n) is 23.4. The van der Waals surface area contributed by atoms with Gasteiger partial charge < -0.3 is 14.4 Å². The van der Waals surface area contributed by atoms with E-state index in [1.807, 2.05) is 12.3 Å². The first kappa shape index (κ1) is 25.7. The lowest BCUT2D eigenvalue weighted by Gasteiger charge is -2.38. The maximum Gasteiger partial charge on any atom is 0.255 e. The number of hydrogen-bond acceptors (Lipinski definition) is 7. The third-order valence-electron chi connectivity index (χ3n) is 9.90. The third-order valence-corrected chi connectivity index (χ3v) is 9.90. The Bertz CT molecular complexity index is 1600. The van der Waals surface area contributed by atoms with Crippen LogP contribution in [0.5, 0.6) is 5.75 Å². The number of ether oxygens (including phenoxy) is 2. The first-order valence-corrected chi connectivity index (χ1v) is 14.9. The molecule has 2 aromatic carbocycles. The smallest absolute Gasteiger partial charge is 0.255 e. The number of likely N-dealkylation sites (tertiary alicyclic amines) is 1. The number of imide groups is 1. The lowest BCUT2D eigenvalue weighted by atomic mass is 9.74. The Morgan fingerprint density at radius 3 is 2.69 bits per heavy atom. The van der Waals surface area contributed by atoms with Crippen molar-refractivity contribution < 1.29 is 23.9 Å². The van der Waals surface area contributed by atoms with Gasteiger partial charge in [0.05, 0.1) is 38.3 Å². The Balaban J connectivity index is 0.961. The monoisotopic (exact) mass is 567 g/mol. The number of rotatable bonds is 5. The standard InChI is InChI=1S/C32H33N5O5/c38-27-7-6-26(30(39)34-27)37-15-24-22(31(37)40)4-5-25-29(24)42-18-32(25)8-10-36(11-9-32)14-19-2-1-3-20(12-19)23-13-33-35-28(23)21-16-41-17-21/h1-5,12-13,21,26H,6-11,14-18H2,(H,33,35)(H,34,38,39)/t26-/m1/s1. The number of carbonyl (C=O) groups excluding carboxylic acids is 3. The molecule has 3 aromatic rings. The molecule has 5 aliphatic rings. The van der Waals surface area contributed by atoms with E-state index < -0.39 is 11.9 Å². The van der Waals surface area contributed by atoms with Crippen molar-refractivity contribution in [2.24, 2.45) is 0 Å². The number of fused-ring (bicyclic) bond motifs is 4. The second-order valence-electron chi connectivity index (χ2n) is 12.3. The lowest BCUT2D eigenvalue weighted by molar-refractivity contribution is -0.136. The number of aromatic nitrogens is 2. The Kier molecular flexibility index (Phi) is 5.98. The van der Waals surface area contributed by atoms with Crippen LogP contribution >= 0.6 is 0 Å². The first-order valence-electron chi connectivity index (χ1n) is 14.9. The fourth-order valence-corrected chi connectivity index (χ4v) is 7.37. The maximum absolute atomic E-state index is 13.3. The molecule has 3 amide bonds. The molecule has 5 aliphatic heterocycles.